The summed E-state index contributed by atoms with van der Waals surface area (Å²) in [4.78, 5) is 24.1. The molecule has 0 atom stereocenters. The zero-order valence-corrected chi connectivity index (χ0v) is 13.1. The summed E-state index contributed by atoms with van der Waals surface area (Å²) in [6, 6.07) is 7.32. The maximum Gasteiger partial charge on any atom is 0.261 e. The number of thiophene rings is 1. The first kappa shape index (κ1) is 16.5. The molecule has 1 aromatic heterocycles. The standard InChI is InChI=1S/C15H14ClFN2O2S/c16-11-9-10(17)5-6-12(11)19-14(20)4-1-7-18-15(21)13-3-2-8-22-13/h2-3,5-6,8-9H,1,4,7H2,(H,18,21)(H,19,20). The molecule has 2 rings (SSSR count). The molecule has 2 amide bonds. The van der Waals surface area contributed by atoms with Crippen molar-refractivity contribution in [3.05, 3.63) is 51.4 Å². The number of amides is 2. The van der Waals surface area contributed by atoms with Gasteiger partial charge in [-0.3, -0.25) is 9.59 Å². The van der Waals surface area contributed by atoms with E-state index in [9.17, 15) is 14.0 Å². The fourth-order valence-corrected chi connectivity index (χ4v) is 2.60. The monoisotopic (exact) mass is 340 g/mol. The predicted molar refractivity (Wildman–Crippen MR) is 85.9 cm³/mol. The van der Waals surface area contributed by atoms with E-state index in [4.69, 9.17) is 11.6 Å². The third kappa shape index (κ3) is 4.82. The van der Waals surface area contributed by atoms with Crippen molar-refractivity contribution < 1.29 is 14.0 Å². The molecular weight excluding hydrogens is 327 g/mol. The van der Waals surface area contributed by atoms with E-state index in [1.807, 2.05) is 5.38 Å². The Morgan fingerprint density at radius 1 is 1.27 bits per heavy atom. The number of halogens is 2. The summed E-state index contributed by atoms with van der Waals surface area (Å²) in [5.74, 6) is -0.838. The molecule has 1 heterocycles. The van der Waals surface area contributed by atoms with E-state index in [-0.39, 0.29) is 23.3 Å². The maximum absolute atomic E-state index is 12.9. The number of rotatable bonds is 6. The number of hydrogen-bond donors (Lipinski definition) is 2. The zero-order valence-electron chi connectivity index (χ0n) is 11.6. The summed E-state index contributed by atoms with van der Waals surface area (Å²) in [5, 5.41) is 7.32. The summed E-state index contributed by atoms with van der Waals surface area (Å²) in [7, 11) is 0. The normalized spacial score (nSPS) is 10.3. The van der Waals surface area contributed by atoms with Gasteiger partial charge in [0.05, 0.1) is 15.6 Å². The lowest BCUT2D eigenvalue weighted by molar-refractivity contribution is -0.116. The minimum atomic E-state index is -0.459. The van der Waals surface area contributed by atoms with Gasteiger partial charge in [0.25, 0.3) is 5.91 Å². The molecule has 2 aromatic rings. The first-order chi connectivity index (χ1) is 10.6. The van der Waals surface area contributed by atoms with Crippen LogP contribution >= 0.6 is 22.9 Å². The Morgan fingerprint density at radius 3 is 2.77 bits per heavy atom. The molecule has 0 unspecified atom stereocenters. The van der Waals surface area contributed by atoms with Gasteiger partial charge in [-0.1, -0.05) is 17.7 Å². The highest BCUT2D eigenvalue weighted by atomic mass is 35.5. The van der Waals surface area contributed by atoms with Crippen molar-refractivity contribution in [1.82, 2.24) is 5.32 Å². The summed E-state index contributed by atoms with van der Waals surface area (Å²) in [5.41, 5.74) is 0.371. The Hall–Kier alpha value is -1.92. The van der Waals surface area contributed by atoms with E-state index in [2.05, 4.69) is 10.6 Å². The summed E-state index contributed by atoms with van der Waals surface area (Å²) in [6.07, 6.45) is 0.736. The lowest BCUT2D eigenvalue weighted by Crippen LogP contribution is -2.24. The molecule has 0 saturated carbocycles. The molecule has 7 heteroatoms. The third-order valence-electron chi connectivity index (χ3n) is 2.82. The predicted octanol–water partition coefficient (Wildman–Crippen LogP) is 3.69. The average Bonchev–Trinajstić information content (AvgIpc) is 3.01. The van der Waals surface area contributed by atoms with Crippen LogP contribution in [-0.2, 0) is 4.79 Å². The van der Waals surface area contributed by atoms with E-state index >= 15 is 0 Å². The van der Waals surface area contributed by atoms with E-state index in [0.717, 1.165) is 6.07 Å². The first-order valence-electron chi connectivity index (χ1n) is 6.63. The van der Waals surface area contributed by atoms with E-state index in [1.54, 1.807) is 12.1 Å². The largest absolute Gasteiger partial charge is 0.351 e. The van der Waals surface area contributed by atoms with Crippen LogP contribution in [0.3, 0.4) is 0 Å². The molecular formula is C15H14ClFN2O2S. The molecule has 0 fully saturated rings. The minimum absolute atomic E-state index is 0.142. The van der Waals surface area contributed by atoms with Crippen molar-refractivity contribution in [2.75, 3.05) is 11.9 Å². The van der Waals surface area contributed by atoms with Crippen molar-refractivity contribution in [3.63, 3.8) is 0 Å². The van der Waals surface area contributed by atoms with Crippen LogP contribution in [0, 0.1) is 5.82 Å². The Balaban J connectivity index is 1.71. The molecule has 0 aliphatic heterocycles. The fourth-order valence-electron chi connectivity index (χ4n) is 1.75. The van der Waals surface area contributed by atoms with Gasteiger partial charge in [0.2, 0.25) is 5.91 Å². The molecule has 1 aromatic carbocycles. The van der Waals surface area contributed by atoms with Crippen LogP contribution in [0.5, 0.6) is 0 Å². The fraction of sp³-hybridized carbons (Fsp3) is 0.200. The van der Waals surface area contributed by atoms with Gasteiger partial charge in [-0.05, 0) is 36.1 Å². The Kier molecular flexibility index (Phi) is 5.91. The van der Waals surface area contributed by atoms with E-state index in [1.165, 1.54) is 23.5 Å². The number of anilines is 1. The molecule has 116 valence electrons. The highest BCUT2D eigenvalue weighted by molar-refractivity contribution is 7.12. The van der Waals surface area contributed by atoms with Crippen molar-refractivity contribution in [1.29, 1.82) is 0 Å². The van der Waals surface area contributed by atoms with Gasteiger partial charge in [0.1, 0.15) is 5.82 Å². The molecule has 0 aliphatic carbocycles. The van der Waals surface area contributed by atoms with Crippen LogP contribution < -0.4 is 10.6 Å². The lowest BCUT2D eigenvalue weighted by atomic mass is 10.2. The molecule has 0 aliphatic rings. The Labute approximate surface area is 136 Å². The van der Waals surface area contributed by atoms with Gasteiger partial charge in [-0.15, -0.1) is 11.3 Å². The summed E-state index contributed by atoms with van der Waals surface area (Å²) < 4.78 is 12.9. The van der Waals surface area contributed by atoms with Crippen molar-refractivity contribution in [3.8, 4) is 0 Å². The van der Waals surface area contributed by atoms with E-state index in [0.29, 0.717) is 23.5 Å². The second kappa shape index (κ2) is 7.91. The second-order valence-corrected chi connectivity index (χ2v) is 5.86. The van der Waals surface area contributed by atoms with Crippen LogP contribution in [-0.4, -0.2) is 18.4 Å². The number of carbonyl (C=O) groups excluding carboxylic acids is 2. The Bertz CT molecular complexity index is 662. The quantitative estimate of drug-likeness (QED) is 0.788. The van der Waals surface area contributed by atoms with Crippen molar-refractivity contribution >= 4 is 40.4 Å². The number of carbonyl (C=O) groups is 2. The SMILES string of the molecule is O=C(CCCNC(=O)c1cccs1)Nc1ccc(F)cc1Cl. The van der Waals surface area contributed by atoms with Gasteiger partial charge < -0.3 is 10.6 Å². The van der Waals surface area contributed by atoms with Crippen LogP contribution in [0.15, 0.2) is 35.7 Å². The van der Waals surface area contributed by atoms with Gasteiger partial charge in [-0.25, -0.2) is 4.39 Å². The molecule has 2 N–H and O–H groups in total. The molecule has 0 bridgehead atoms. The van der Waals surface area contributed by atoms with Crippen LogP contribution in [0.2, 0.25) is 5.02 Å². The van der Waals surface area contributed by atoms with Crippen molar-refractivity contribution in [2.24, 2.45) is 0 Å². The highest BCUT2D eigenvalue weighted by Crippen LogP contribution is 2.22. The molecule has 22 heavy (non-hydrogen) atoms. The van der Waals surface area contributed by atoms with Gasteiger partial charge in [0.15, 0.2) is 0 Å². The number of nitrogens with one attached hydrogen (secondary N) is 2. The molecule has 0 saturated heterocycles. The molecule has 0 spiro atoms. The smallest absolute Gasteiger partial charge is 0.261 e. The highest BCUT2D eigenvalue weighted by Gasteiger charge is 2.08. The number of hydrogen-bond acceptors (Lipinski definition) is 3. The van der Waals surface area contributed by atoms with Crippen LogP contribution in [0.25, 0.3) is 0 Å². The van der Waals surface area contributed by atoms with Crippen molar-refractivity contribution in [2.45, 2.75) is 12.8 Å². The number of benzene rings is 1. The Morgan fingerprint density at radius 2 is 2.09 bits per heavy atom. The van der Waals surface area contributed by atoms with Crippen LogP contribution in [0.4, 0.5) is 10.1 Å². The van der Waals surface area contributed by atoms with E-state index < -0.39 is 5.82 Å². The summed E-state index contributed by atoms with van der Waals surface area (Å²) >= 11 is 7.19. The molecule has 0 radical (unpaired) electrons. The zero-order chi connectivity index (χ0) is 15.9. The minimum Gasteiger partial charge on any atom is -0.351 e. The second-order valence-electron chi connectivity index (χ2n) is 4.51. The first-order valence-corrected chi connectivity index (χ1v) is 7.88. The average molecular weight is 341 g/mol. The lowest BCUT2D eigenvalue weighted by Gasteiger charge is -2.07. The van der Waals surface area contributed by atoms with Gasteiger partial charge in [0, 0.05) is 13.0 Å². The van der Waals surface area contributed by atoms with Crippen LogP contribution in [0.1, 0.15) is 22.5 Å². The topological polar surface area (TPSA) is 58.2 Å². The third-order valence-corrected chi connectivity index (χ3v) is 4.00. The molecule has 4 nitrogen and oxygen atoms in total. The van der Waals surface area contributed by atoms with Gasteiger partial charge >= 0.3 is 0 Å². The maximum atomic E-state index is 12.9. The van der Waals surface area contributed by atoms with Gasteiger partial charge in [-0.2, -0.15) is 0 Å². The summed E-state index contributed by atoms with van der Waals surface area (Å²) in [6.45, 7) is 0.404.